The van der Waals surface area contributed by atoms with Crippen molar-refractivity contribution in [3.63, 3.8) is 0 Å². The van der Waals surface area contributed by atoms with Crippen molar-refractivity contribution < 1.29 is 9.13 Å². The van der Waals surface area contributed by atoms with Crippen LogP contribution in [0.15, 0.2) is 54.6 Å². The summed E-state index contributed by atoms with van der Waals surface area (Å²) in [6.45, 7) is 0. The summed E-state index contributed by atoms with van der Waals surface area (Å²) in [6.07, 6.45) is 0. The lowest BCUT2D eigenvalue weighted by Gasteiger charge is -2.14. The zero-order valence-corrected chi connectivity index (χ0v) is 11.6. The molecule has 0 saturated heterocycles. The van der Waals surface area contributed by atoms with Crippen molar-refractivity contribution in [3.8, 4) is 16.9 Å². The summed E-state index contributed by atoms with van der Waals surface area (Å²) in [5.74, 6) is 0.253. The summed E-state index contributed by atoms with van der Waals surface area (Å²) >= 11 is 6.20. The quantitative estimate of drug-likeness (QED) is 0.620. The molecular formula is C17H12ClFO. The lowest BCUT2D eigenvalue weighted by Crippen LogP contribution is -1.93. The van der Waals surface area contributed by atoms with Gasteiger partial charge in [-0.25, -0.2) is 4.39 Å². The maximum absolute atomic E-state index is 14.2. The molecule has 0 amide bonds. The molecule has 3 heteroatoms. The first kappa shape index (κ1) is 12.9. The lowest BCUT2D eigenvalue weighted by molar-refractivity contribution is 0.416. The van der Waals surface area contributed by atoms with Gasteiger partial charge in [0.25, 0.3) is 0 Å². The van der Waals surface area contributed by atoms with Crippen molar-refractivity contribution in [2.45, 2.75) is 0 Å². The first-order valence-corrected chi connectivity index (χ1v) is 6.60. The Labute approximate surface area is 121 Å². The van der Waals surface area contributed by atoms with E-state index in [1.165, 1.54) is 6.07 Å². The van der Waals surface area contributed by atoms with Gasteiger partial charge >= 0.3 is 0 Å². The molecule has 0 spiro atoms. The van der Waals surface area contributed by atoms with Crippen molar-refractivity contribution in [1.29, 1.82) is 0 Å². The fourth-order valence-electron chi connectivity index (χ4n) is 2.42. The zero-order chi connectivity index (χ0) is 14.1. The van der Waals surface area contributed by atoms with E-state index < -0.39 is 0 Å². The van der Waals surface area contributed by atoms with Crippen molar-refractivity contribution in [3.05, 3.63) is 65.4 Å². The maximum Gasteiger partial charge on any atom is 0.132 e. The molecule has 3 aromatic rings. The zero-order valence-electron chi connectivity index (χ0n) is 10.9. The summed E-state index contributed by atoms with van der Waals surface area (Å²) in [7, 11) is 1.57. The number of benzene rings is 3. The van der Waals surface area contributed by atoms with Gasteiger partial charge in [-0.05, 0) is 29.0 Å². The van der Waals surface area contributed by atoms with E-state index in [9.17, 15) is 4.39 Å². The van der Waals surface area contributed by atoms with Gasteiger partial charge in [0.15, 0.2) is 0 Å². The summed E-state index contributed by atoms with van der Waals surface area (Å²) in [6, 6.07) is 16.2. The highest BCUT2D eigenvalue weighted by Gasteiger charge is 2.17. The highest BCUT2D eigenvalue weighted by molar-refractivity contribution is 6.34. The summed E-state index contributed by atoms with van der Waals surface area (Å²) in [5, 5.41) is 2.31. The Kier molecular flexibility index (Phi) is 3.33. The Morgan fingerprint density at radius 3 is 2.45 bits per heavy atom. The average molecular weight is 287 g/mol. The van der Waals surface area contributed by atoms with Crippen LogP contribution in [0.25, 0.3) is 21.9 Å². The minimum absolute atomic E-state index is 0.354. The minimum atomic E-state index is -0.354. The fourth-order valence-corrected chi connectivity index (χ4v) is 2.67. The van der Waals surface area contributed by atoms with E-state index in [0.717, 1.165) is 10.8 Å². The van der Waals surface area contributed by atoms with Crippen LogP contribution < -0.4 is 4.74 Å². The minimum Gasteiger partial charge on any atom is -0.496 e. The standard InChI is InChI=1S/C17H12ClFO/c1-20-15-10-9-11-5-2-3-6-12(11)16(15)17-13(18)7-4-8-14(17)19/h2-10H,1H3. The second-order valence-corrected chi connectivity index (χ2v) is 4.87. The second-order valence-electron chi connectivity index (χ2n) is 4.46. The smallest absolute Gasteiger partial charge is 0.132 e. The highest BCUT2D eigenvalue weighted by atomic mass is 35.5. The van der Waals surface area contributed by atoms with Gasteiger partial charge in [-0.15, -0.1) is 0 Å². The lowest BCUT2D eigenvalue weighted by atomic mass is 9.96. The van der Waals surface area contributed by atoms with Crippen LogP contribution in [0.4, 0.5) is 4.39 Å². The van der Waals surface area contributed by atoms with Gasteiger partial charge in [0.1, 0.15) is 11.6 Å². The van der Waals surface area contributed by atoms with Crippen LogP contribution in [0.2, 0.25) is 5.02 Å². The monoisotopic (exact) mass is 286 g/mol. The second kappa shape index (κ2) is 5.14. The molecule has 0 saturated carbocycles. The molecule has 0 atom stereocenters. The summed E-state index contributed by atoms with van der Waals surface area (Å²) in [5.41, 5.74) is 1.07. The topological polar surface area (TPSA) is 9.23 Å². The predicted molar refractivity (Wildman–Crippen MR) is 80.9 cm³/mol. The Bertz CT molecular complexity index is 763. The molecule has 0 N–H and O–H groups in total. The molecule has 0 aliphatic heterocycles. The third-order valence-electron chi connectivity index (χ3n) is 3.32. The summed E-state index contributed by atoms with van der Waals surface area (Å²) < 4.78 is 19.6. The van der Waals surface area contributed by atoms with Crippen LogP contribution in [0.1, 0.15) is 0 Å². The van der Waals surface area contributed by atoms with E-state index >= 15 is 0 Å². The van der Waals surface area contributed by atoms with E-state index in [0.29, 0.717) is 21.9 Å². The Morgan fingerprint density at radius 1 is 0.900 bits per heavy atom. The number of methoxy groups -OCH3 is 1. The fraction of sp³-hybridized carbons (Fsp3) is 0.0588. The number of ether oxygens (including phenoxy) is 1. The molecule has 0 bridgehead atoms. The molecule has 3 rings (SSSR count). The number of hydrogen-bond donors (Lipinski definition) is 0. The molecule has 0 unspecified atom stereocenters. The normalized spacial score (nSPS) is 10.8. The molecular weight excluding hydrogens is 275 g/mol. The number of hydrogen-bond acceptors (Lipinski definition) is 1. The van der Waals surface area contributed by atoms with Gasteiger partial charge in [0, 0.05) is 11.1 Å². The van der Waals surface area contributed by atoms with Crippen LogP contribution in [0, 0.1) is 5.82 Å². The number of rotatable bonds is 2. The van der Waals surface area contributed by atoms with Gasteiger partial charge < -0.3 is 4.74 Å². The van der Waals surface area contributed by atoms with Crippen LogP contribution in [0.3, 0.4) is 0 Å². The third-order valence-corrected chi connectivity index (χ3v) is 3.64. The van der Waals surface area contributed by atoms with Crippen molar-refractivity contribution in [2.24, 2.45) is 0 Å². The molecule has 0 aromatic heterocycles. The molecule has 0 aliphatic rings. The maximum atomic E-state index is 14.2. The highest BCUT2D eigenvalue weighted by Crippen LogP contribution is 2.41. The molecule has 0 aliphatic carbocycles. The Balaban J connectivity index is 2.45. The molecule has 0 radical (unpaired) electrons. The van der Waals surface area contributed by atoms with Gasteiger partial charge in [0.05, 0.1) is 12.1 Å². The van der Waals surface area contributed by atoms with E-state index in [1.807, 2.05) is 36.4 Å². The van der Waals surface area contributed by atoms with E-state index in [1.54, 1.807) is 19.2 Å². The van der Waals surface area contributed by atoms with Crippen LogP contribution in [-0.4, -0.2) is 7.11 Å². The third kappa shape index (κ3) is 2.02. The van der Waals surface area contributed by atoms with Crippen LogP contribution in [0.5, 0.6) is 5.75 Å². The SMILES string of the molecule is COc1ccc2ccccc2c1-c1c(F)cccc1Cl. The first-order chi connectivity index (χ1) is 9.72. The molecule has 20 heavy (non-hydrogen) atoms. The number of halogens is 2. The first-order valence-electron chi connectivity index (χ1n) is 6.22. The van der Waals surface area contributed by atoms with Crippen molar-refractivity contribution >= 4 is 22.4 Å². The Hall–Kier alpha value is -2.06. The molecule has 3 aromatic carbocycles. The van der Waals surface area contributed by atoms with Crippen molar-refractivity contribution in [2.75, 3.05) is 7.11 Å². The molecule has 0 fully saturated rings. The van der Waals surface area contributed by atoms with Gasteiger partial charge in [-0.3, -0.25) is 0 Å². The largest absolute Gasteiger partial charge is 0.496 e. The molecule has 100 valence electrons. The van der Waals surface area contributed by atoms with E-state index in [4.69, 9.17) is 16.3 Å². The predicted octanol–water partition coefficient (Wildman–Crippen LogP) is 5.31. The van der Waals surface area contributed by atoms with Gasteiger partial charge in [-0.1, -0.05) is 48.0 Å². The molecule has 0 heterocycles. The van der Waals surface area contributed by atoms with E-state index in [-0.39, 0.29) is 5.82 Å². The van der Waals surface area contributed by atoms with Crippen molar-refractivity contribution in [1.82, 2.24) is 0 Å². The Morgan fingerprint density at radius 2 is 1.70 bits per heavy atom. The van der Waals surface area contributed by atoms with Gasteiger partial charge in [0.2, 0.25) is 0 Å². The van der Waals surface area contributed by atoms with Crippen LogP contribution in [-0.2, 0) is 0 Å². The van der Waals surface area contributed by atoms with E-state index in [2.05, 4.69) is 0 Å². The van der Waals surface area contributed by atoms with Crippen LogP contribution >= 0.6 is 11.6 Å². The summed E-state index contributed by atoms with van der Waals surface area (Å²) in [4.78, 5) is 0. The average Bonchev–Trinajstić information content (AvgIpc) is 2.47. The molecule has 1 nitrogen and oxygen atoms in total. The number of fused-ring (bicyclic) bond motifs is 1. The van der Waals surface area contributed by atoms with Gasteiger partial charge in [-0.2, -0.15) is 0 Å².